The molecule has 2 aromatic carbocycles. The number of rotatable bonds is 4. The zero-order valence-corrected chi connectivity index (χ0v) is 12.9. The second kappa shape index (κ2) is 6.09. The summed E-state index contributed by atoms with van der Waals surface area (Å²) in [5.74, 6) is 0. The third kappa shape index (κ3) is 2.76. The molecule has 112 valence electrons. The van der Waals surface area contributed by atoms with Crippen LogP contribution in [-0.4, -0.2) is 9.55 Å². The molecule has 2 heterocycles. The highest BCUT2D eigenvalue weighted by Gasteiger charge is 2.10. The summed E-state index contributed by atoms with van der Waals surface area (Å²) in [4.78, 5) is 4.60. The highest BCUT2D eigenvalue weighted by molar-refractivity contribution is 5.93. The number of nitrogens with zero attached hydrogens (tertiary/aromatic N) is 2. The largest absolute Gasteiger partial charge is 0.332 e. The zero-order chi connectivity index (χ0) is 15.5. The number of aromatic nitrogens is 2. The lowest BCUT2D eigenvalue weighted by Gasteiger charge is -2.04. The summed E-state index contributed by atoms with van der Waals surface area (Å²) in [5.41, 5.74) is 4.90. The lowest BCUT2D eigenvalue weighted by Crippen LogP contribution is -2.00. The van der Waals surface area contributed by atoms with Crippen molar-refractivity contribution in [1.82, 2.24) is 9.55 Å². The fourth-order valence-electron chi connectivity index (χ4n) is 3.04. The third-order valence-electron chi connectivity index (χ3n) is 4.20. The van der Waals surface area contributed by atoms with Crippen molar-refractivity contribution < 1.29 is 0 Å². The van der Waals surface area contributed by atoms with Crippen LogP contribution >= 0.6 is 0 Å². The second-order valence-corrected chi connectivity index (χ2v) is 5.71. The maximum atomic E-state index is 4.60. The Morgan fingerprint density at radius 2 is 1.52 bits per heavy atom. The van der Waals surface area contributed by atoms with Gasteiger partial charge in [-0.3, -0.25) is 0 Å². The number of hydrogen-bond donors (Lipinski definition) is 0. The van der Waals surface area contributed by atoms with Gasteiger partial charge in [-0.15, -0.1) is 0 Å². The average Bonchev–Trinajstić information content (AvgIpc) is 3.01. The molecule has 0 bridgehead atoms. The Morgan fingerprint density at radius 1 is 0.783 bits per heavy atom. The van der Waals surface area contributed by atoms with E-state index < -0.39 is 0 Å². The van der Waals surface area contributed by atoms with Crippen LogP contribution in [0.2, 0.25) is 0 Å². The summed E-state index contributed by atoms with van der Waals surface area (Å²) in [6, 6.07) is 25.3. The van der Waals surface area contributed by atoms with Gasteiger partial charge in [-0.05, 0) is 29.7 Å². The number of fused-ring (bicyclic) bond motifs is 1. The van der Waals surface area contributed by atoms with Gasteiger partial charge in [-0.1, -0.05) is 60.7 Å². The average molecular weight is 298 g/mol. The van der Waals surface area contributed by atoms with Gasteiger partial charge >= 0.3 is 0 Å². The SMILES string of the molecule is c1ccc(CCn2cc(-c3ccccc3)c3cccnc32)cc1. The van der Waals surface area contributed by atoms with Gasteiger partial charge in [-0.2, -0.15) is 0 Å². The molecule has 2 nitrogen and oxygen atoms in total. The molecular weight excluding hydrogens is 280 g/mol. The first-order valence-corrected chi connectivity index (χ1v) is 7.95. The van der Waals surface area contributed by atoms with E-state index in [2.05, 4.69) is 82.5 Å². The van der Waals surface area contributed by atoms with E-state index in [0.717, 1.165) is 18.6 Å². The molecule has 0 atom stereocenters. The predicted molar refractivity (Wildman–Crippen MR) is 95.3 cm³/mol. The summed E-state index contributed by atoms with van der Waals surface area (Å²) < 4.78 is 2.27. The molecule has 0 amide bonds. The Balaban J connectivity index is 1.73. The lowest BCUT2D eigenvalue weighted by molar-refractivity contribution is 0.717. The molecule has 2 aromatic heterocycles. The van der Waals surface area contributed by atoms with Gasteiger partial charge in [0.05, 0.1) is 0 Å². The van der Waals surface area contributed by atoms with Crippen molar-refractivity contribution in [3.63, 3.8) is 0 Å². The summed E-state index contributed by atoms with van der Waals surface area (Å²) in [7, 11) is 0. The van der Waals surface area contributed by atoms with Crippen molar-refractivity contribution >= 4 is 11.0 Å². The van der Waals surface area contributed by atoms with Crippen LogP contribution in [0.25, 0.3) is 22.2 Å². The minimum absolute atomic E-state index is 0.935. The van der Waals surface area contributed by atoms with Gasteiger partial charge in [-0.25, -0.2) is 4.98 Å². The quantitative estimate of drug-likeness (QED) is 0.521. The van der Waals surface area contributed by atoms with Gasteiger partial charge in [0.2, 0.25) is 0 Å². The van der Waals surface area contributed by atoms with Crippen LogP contribution in [0.5, 0.6) is 0 Å². The first kappa shape index (κ1) is 13.8. The fraction of sp³-hybridized carbons (Fsp3) is 0.0952. The second-order valence-electron chi connectivity index (χ2n) is 5.71. The van der Waals surface area contributed by atoms with Gasteiger partial charge in [0.15, 0.2) is 0 Å². The molecule has 4 rings (SSSR count). The molecular formula is C21H18N2. The Kier molecular flexibility index (Phi) is 3.65. The molecule has 0 saturated heterocycles. The van der Waals surface area contributed by atoms with Crippen molar-refractivity contribution in [2.75, 3.05) is 0 Å². The molecule has 2 heteroatoms. The normalized spacial score (nSPS) is 11.0. The van der Waals surface area contributed by atoms with E-state index in [1.807, 2.05) is 12.3 Å². The van der Waals surface area contributed by atoms with E-state index in [-0.39, 0.29) is 0 Å². The standard InChI is InChI=1S/C21H18N2/c1-3-8-17(9-4-1)13-15-23-16-20(18-10-5-2-6-11-18)19-12-7-14-22-21(19)23/h1-12,14,16H,13,15H2. The van der Waals surface area contributed by atoms with Crippen LogP contribution < -0.4 is 0 Å². The van der Waals surface area contributed by atoms with E-state index in [1.165, 1.54) is 22.1 Å². The van der Waals surface area contributed by atoms with Crippen molar-refractivity contribution in [3.05, 3.63) is 90.8 Å². The van der Waals surface area contributed by atoms with Gasteiger partial charge in [0.1, 0.15) is 5.65 Å². The summed E-state index contributed by atoms with van der Waals surface area (Å²) in [6.45, 7) is 0.935. The fourth-order valence-corrected chi connectivity index (χ4v) is 3.04. The third-order valence-corrected chi connectivity index (χ3v) is 4.20. The highest BCUT2D eigenvalue weighted by Crippen LogP contribution is 2.29. The maximum absolute atomic E-state index is 4.60. The van der Waals surface area contributed by atoms with Crippen molar-refractivity contribution in [3.8, 4) is 11.1 Å². The van der Waals surface area contributed by atoms with E-state index in [4.69, 9.17) is 0 Å². The van der Waals surface area contributed by atoms with Crippen LogP contribution in [-0.2, 0) is 13.0 Å². The Hall–Kier alpha value is -2.87. The monoisotopic (exact) mass is 298 g/mol. The first-order chi connectivity index (χ1) is 11.4. The van der Waals surface area contributed by atoms with E-state index in [0.29, 0.717) is 0 Å². The van der Waals surface area contributed by atoms with Crippen molar-refractivity contribution in [1.29, 1.82) is 0 Å². The van der Waals surface area contributed by atoms with Crippen molar-refractivity contribution in [2.24, 2.45) is 0 Å². The molecule has 0 saturated carbocycles. The first-order valence-electron chi connectivity index (χ1n) is 7.95. The molecule has 23 heavy (non-hydrogen) atoms. The molecule has 0 N–H and O–H groups in total. The summed E-state index contributed by atoms with van der Waals surface area (Å²) in [6.07, 6.45) is 5.11. The number of benzene rings is 2. The van der Waals surface area contributed by atoms with Crippen LogP contribution in [0.15, 0.2) is 85.2 Å². The maximum Gasteiger partial charge on any atom is 0.140 e. The molecule has 4 aromatic rings. The molecule has 0 aliphatic heterocycles. The van der Waals surface area contributed by atoms with Crippen LogP contribution in [0, 0.1) is 0 Å². The van der Waals surface area contributed by atoms with Gasteiger partial charge < -0.3 is 4.57 Å². The topological polar surface area (TPSA) is 17.8 Å². The van der Waals surface area contributed by atoms with E-state index in [1.54, 1.807) is 0 Å². The van der Waals surface area contributed by atoms with E-state index in [9.17, 15) is 0 Å². The Bertz CT molecular complexity index is 908. The number of hydrogen-bond acceptors (Lipinski definition) is 1. The molecule has 0 radical (unpaired) electrons. The number of aryl methyl sites for hydroxylation is 2. The lowest BCUT2D eigenvalue weighted by atomic mass is 10.1. The smallest absolute Gasteiger partial charge is 0.140 e. The predicted octanol–water partition coefficient (Wildman–Crippen LogP) is 4.95. The minimum Gasteiger partial charge on any atom is -0.332 e. The molecule has 0 unspecified atom stereocenters. The van der Waals surface area contributed by atoms with Crippen LogP contribution in [0.1, 0.15) is 5.56 Å². The zero-order valence-electron chi connectivity index (χ0n) is 12.9. The van der Waals surface area contributed by atoms with Gasteiger partial charge in [0.25, 0.3) is 0 Å². The Morgan fingerprint density at radius 3 is 2.30 bits per heavy atom. The molecule has 0 spiro atoms. The Labute approximate surface area is 136 Å². The van der Waals surface area contributed by atoms with E-state index >= 15 is 0 Å². The molecule has 0 fully saturated rings. The molecule has 0 aliphatic rings. The van der Waals surface area contributed by atoms with Crippen molar-refractivity contribution in [2.45, 2.75) is 13.0 Å². The number of pyridine rings is 1. The van der Waals surface area contributed by atoms with Crippen LogP contribution in [0.3, 0.4) is 0 Å². The molecule has 0 aliphatic carbocycles. The summed E-state index contributed by atoms with van der Waals surface area (Å²) >= 11 is 0. The van der Waals surface area contributed by atoms with Crippen LogP contribution in [0.4, 0.5) is 0 Å². The van der Waals surface area contributed by atoms with Gasteiger partial charge in [0, 0.05) is 29.9 Å². The minimum atomic E-state index is 0.935. The highest BCUT2D eigenvalue weighted by atomic mass is 15.0. The summed E-state index contributed by atoms with van der Waals surface area (Å²) in [5, 5.41) is 1.21.